The van der Waals surface area contributed by atoms with Gasteiger partial charge in [-0.3, -0.25) is 9.59 Å². The summed E-state index contributed by atoms with van der Waals surface area (Å²) in [6, 6.07) is -0.0471. The van der Waals surface area contributed by atoms with Crippen LogP contribution in [0.5, 0.6) is 0 Å². The lowest BCUT2D eigenvalue weighted by Crippen LogP contribution is -2.54. The van der Waals surface area contributed by atoms with E-state index in [-0.39, 0.29) is 23.9 Å². The summed E-state index contributed by atoms with van der Waals surface area (Å²) >= 11 is 0. The van der Waals surface area contributed by atoms with Crippen molar-refractivity contribution in [1.82, 2.24) is 4.90 Å². The maximum atomic E-state index is 12.2. The van der Waals surface area contributed by atoms with Crippen LogP contribution in [0.4, 0.5) is 0 Å². The molecule has 1 amide bonds. The van der Waals surface area contributed by atoms with E-state index in [9.17, 15) is 9.59 Å². The van der Waals surface area contributed by atoms with E-state index in [0.29, 0.717) is 11.8 Å². The number of hydrogen-bond acceptors (Lipinski definition) is 2. The van der Waals surface area contributed by atoms with Gasteiger partial charge in [-0.25, -0.2) is 0 Å². The van der Waals surface area contributed by atoms with Crippen molar-refractivity contribution in [2.45, 2.75) is 46.1 Å². The maximum absolute atomic E-state index is 12.2. The highest BCUT2D eigenvalue weighted by molar-refractivity contribution is 5.94. The van der Waals surface area contributed by atoms with Crippen LogP contribution in [0.3, 0.4) is 0 Å². The number of rotatable bonds is 2. The van der Waals surface area contributed by atoms with Crippen LogP contribution in [0.1, 0.15) is 40.0 Å². The van der Waals surface area contributed by atoms with E-state index in [0.717, 1.165) is 24.8 Å². The smallest absolute Gasteiger partial charge is 0.323 e. The molecule has 0 spiro atoms. The summed E-state index contributed by atoms with van der Waals surface area (Å²) in [5.74, 6) is -0.0560. The van der Waals surface area contributed by atoms with Gasteiger partial charge in [0, 0.05) is 6.08 Å². The molecule has 1 saturated carbocycles. The van der Waals surface area contributed by atoms with Gasteiger partial charge in [-0.1, -0.05) is 25.5 Å². The number of aliphatic carboxylic acids is 1. The molecule has 0 aromatic carbocycles. The fraction of sp³-hybridized carbons (Fsp3) is 0.647. The zero-order valence-electron chi connectivity index (χ0n) is 12.9. The van der Waals surface area contributed by atoms with Crippen molar-refractivity contribution in [2.75, 3.05) is 6.54 Å². The first-order valence-electron chi connectivity index (χ1n) is 7.71. The summed E-state index contributed by atoms with van der Waals surface area (Å²) in [5, 5.41) is 9.09. The van der Waals surface area contributed by atoms with E-state index in [2.05, 4.69) is 26.8 Å². The molecule has 0 aromatic rings. The van der Waals surface area contributed by atoms with Gasteiger partial charge in [0.05, 0.1) is 6.04 Å². The Bertz CT molecular complexity index is 558. The zero-order chi connectivity index (χ0) is 15.4. The molecule has 1 aliphatic heterocycles. The standard InChI is InChI=1S/C17H23NO3/c1-10-4-5-13-11(6-10)7-12-8-14(19)18(9-15(20)21)16(12)17(13,2)3/h6,8,11,13,16H,4-5,7,9H2,1-3H3,(H,20,21)/t11-,13+,16-/m1/s1. The topological polar surface area (TPSA) is 57.6 Å². The van der Waals surface area contributed by atoms with Gasteiger partial charge in [0.1, 0.15) is 6.54 Å². The van der Waals surface area contributed by atoms with Crippen molar-refractivity contribution in [3.63, 3.8) is 0 Å². The summed E-state index contributed by atoms with van der Waals surface area (Å²) in [4.78, 5) is 24.8. The van der Waals surface area contributed by atoms with Gasteiger partial charge in [0.25, 0.3) is 0 Å². The highest BCUT2D eigenvalue weighted by Crippen LogP contribution is 2.54. The molecule has 1 heterocycles. The summed E-state index contributed by atoms with van der Waals surface area (Å²) in [6.45, 7) is 6.38. The maximum Gasteiger partial charge on any atom is 0.323 e. The van der Waals surface area contributed by atoms with Gasteiger partial charge in [0.2, 0.25) is 5.91 Å². The Hall–Kier alpha value is -1.58. The van der Waals surface area contributed by atoms with Gasteiger partial charge in [-0.05, 0) is 49.0 Å². The largest absolute Gasteiger partial charge is 0.480 e. The average Bonchev–Trinajstić information content (AvgIpc) is 2.65. The van der Waals surface area contributed by atoms with E-state index >= 15 is 0 Å². The first kappa shape index (κ1) is 14.4. The second-order valence-electron chi connectivity index (χ2n) is 7.33. The molecule has 3 aliphatic rings. The minimum Gasteiger partial charge on any atom is -0.480 e. The molecular weight excluding hydrogens is 266 g/mol. The van der Waals surface area contributed by atoms with Gasteiger partial charge in [-0.2, -0.15) is 0 Å². The van der Waals surface area contributed by atoms with E-state index in [1.807, 2.05) is 0 Å². The monoisotopic (exact) mass is 289 g/mol. The number of allylic oxidation sites excluding steroid dienone is 2. The molecule has 4 heteroatoms. The van der Waals surface area contributed by atoms with Crippen LogP contribution in [-0.2, 0) is 9.59 Å². The number of fused-ring (bicyclic) bond motifs is 2. The van der Waals surface area contributed by atoms with Crippen LogP contribution in [0.15, 0.2) is 23.3 Å². The lowest BCUT2D eigenvalue weighted by molar-refractivity contribution is -0.145. The normalized spacial score (nSPS) is 34.0. The first-order valence-corrected chi connectivity index (χ1v) is 7.71. The SMILES string of the molecule is CC1=C[C@@H]2CC3=CC(=O)N(CC(=O)O)[C@H]3C(C)(C)[C@H]2CC1. The van der Waals surface area contributed by atoms with Crippen LogP contribution in [0.25, 0.3) is 0 Å². The summed E-state index contributed by atoms with van der Waals surface area (Å²) in [6.07, 6.45) is 7.21. The number of carboxylic acids is 1. The third-order valence-electron chi connectivity index (χ3n) is 5.56. The summed E-state index contributed by atoms with van der Waals surface area (Å²) in [7, 11) is 0. The fourth-order valence-corrected chi connectivity index (χ4v) is 4.77. The average molecular weight is 289 g/mol. The minimum absolute atomic E-state index is 0.0471. The van der Waals surface area contributed by atoms with Crippen molar-refractivity contribution in [3.8, 4) is 0 Å². The lowest BCUT2D eigenvalue weighted by atomic mass is 9.56. The zero-order valence-corrected chi connectivity index (χ0v) is 12.9. The summed E-state index contributed by atoms with van der Waals surface area (Å²) < 4.78 is 0. The van der Waals surface area contributed by atoms with Gasteiger partial charge in [0.15, 0.2) is 0 Å². The molecule has 0 bridgehead atoms. The molecule has 1 N–H and O–H groups in total. The third-order valence-corrected chi connectivity index (χ3v) is 5.56. The Labute approximate surface area is 125 Å². The predicted octanol–water partition coefficient (Wildman–Crippen LogP) is 2.61. The van der Waals surface area contributed by atoms with E-state index in [4.69, 9.17) is 5.11 Å². The van der Waals surface area contributed by atoms with Crippen LogP contribution in [0, 0.1) is 17.3 Å². The van der Waals surface area contributed by atoms with E-state index in [1.165, 1.54) is 5.57 Å². The molecular formula is C17H23NO3. The van der Waals surface area contributed by atoms with Crippen LogP contribution in [0.2, 0.25) is 0 Å². The molecule has 0 aromatic heterocycles. The predicted molar refractivity (Wildman–Crippen MR) is 79.6 cm³/mol. The number of carboxylic acid groups (broad SMARTS) is 1. The fourth-order valence-electron chi connectivity index (χ4n) is 4.77. The second kappa shape index (κ2) is 4.72. The molecule has 0 radical (unpaired) electrons. The van der Waals surface area contributed by atoms with Crippen molar-refractivity contribution < 1.29 is 14.7 Å². The Morgan fingerprint density at radius 2 is 2.19 bits per heavy atom. The molecule has 3 atom stereocenters. The Morgan fingerprint density at radius 3 is 2.86 bits per heavy atom. The minimum atomic E-state index is -0.935. The molecule has 0 saturated heterocycles. The number of hydrogen-bond donors (Lipinski definition) is 1. The molecule has 3 rings (SSSR count). The van der Waals surface area contributed by atoms with Crippen LogP contribution in [-0.4, -0.2) is 34.5 Å². The Balaban J connectivity index is 1.97. The second-order valence-corrected chi connectivity index (χ2v) is 7.33. The van der Waals surface area contributed by atoms with Crippen molar-refractivity contribution in [2.24, 2.45) is 17.3 Å². The van der Waals surface area contributed by atoms with E-state index in [1.54, 1.807) is 11.0 Å². The molecule has 2 aliphatic carbocycles. The number of carbonyl (C=O) groups is 2. The molecule has 1 fully saturated rings. The highest BCUT2D eigenvalue weighted by Gasteiger charge is 2.53. The van der Waals surface area contributed by atoms with Gasteiger partial charge >= 0.3 is 5.97 Å². The quantitative estimate of drug-likeness (QED) is 0.795. The van der Waals surface area contributed by atoms with Crippen molar-refractivity contribution >= 4 is 11.9 Å². The van der Waals surface area contributed by atoms with Gasteiger partial charge in [-0.15, -0.1) is 0 Å². The third kappa shape index (κ3) is 2.21. The number of amides is 1. The molecule has 0 unspecified atom stereocenters. The van der Waals surface area contributed by atoms with Crippen LogP contribution < -0.4 is 0 Å². The molecule has 4 nitrogen and oxygen atoms in total. The molecule has 21 heavy (non-hydrogen) atoms. The Kier molecular flexibility index (Phi) is 3.23. The Morgan fingerprint density at radius 1 is 1.48 bits per heavy atom. The number of nitrogens with zero attached hydrogens (tertiary/aromatic N) is 1. The highest BCUT2D eigenvalue weighted by atomic mass is 16.4. The number of carbonyl (C=O) groups excluding carboxylic acids is 1. The van der Waals surface area contributed by atoms with Crippen molar-refractivity contribution in [3.05, 3.63) is 23.3 Å². The summed E-state index contributed by atoms with van der Waals surface area (Å²) in [5.41, 5.74) is 2.49. The van der Waals surface area contributed by atoms with E-state index < -0.39 is 5.97 Å². The lowest BCUT2D eigenvalue weighted by Gasteiger charge is -2.52. The van der Waals surface area contributed by atoms with Gasteiger partial charge < -0.3 is 10.0 Å². The first-order chi connectivity index (χ1) is 9.80. The molecule has 114 valence electrons. The van der Waals surface area contributed by atoms with Crippen molar-refractivity contribution in [1.29, 1.82) is 0 Å². The van der Waals surface area contributed by atoms with Crippen LogP contribution >= 0.6 is 0 Å².